The molecule has 4 heteroatoms. The standard InChI is InChI=1S/C42H24N2O2/c1-3-8-25(9-4-1)29-16-19-36-31(22-29)33-24-34-32-23-30(26-10-5-2-6-11-26)17-20-37(32)46-42(34)38(41(33)45-36)35-18-15-28-14-13-27-12-7-21-43-39(27)40(28)44-35/h1-24H. The monoisotopic (exact) mass is 588 g/mol. The molecular formula is C42H24N2O2. The Morgan fingerprint density at radius 1 is 0.413 bits per heavy atom. The second-order valence-electron chi connectivity index (χ2n) is 11.8. The topological polar surface area (TPSA) is 52.1 Å². The van der Waals surface area contributed by atoms with Gasteiger partial charge in [0, 0.05) is 38.5 Å². The lowest BCUT2D eigenvalue weighted by Gasteiger charge is -2.07. The number of fused-ring (bicyclic) bond motifs is 9. The van der Waals surface area contributed by atoms with E-state index in [1.807, 2.05) is 24.4 Å². The Bertz CT molecular complexity index is 2660. The largest absolute Gasteiger partial charge is 0.455 e. The van der Waals surface area contributed by atoms with Crippen molar-refractivity contribution in [3.8, 4) is 33.5 Å². The minimum atomic E-state index is 0.759. The van der Waals surface area contributed by atoms with Gasteiger partial charge in [0.1, 0.15) is 22.3 Å². The highest BCUT2D eigenvalue weighted by Gasteiger charge is 2.23. The molecule has 4 nitrogen and oxygen atoms in total. The summed E-state index contributed by atoms with van der Waals surface area (Å²) in [5, 5.41) is 6.26. The Morgan fingerprint density at radius 3 is 1.59 bits per heavy atom. The molecule has 0 atom stereocenters. The molecule has 0 aliphatic rings. The molecule has 0 saturated heterocycles. The van der Waals surface area contributed by atoms with Gasteiger partial charge in [-0.2, -0.15) is 0 Å². The van der Waals surface area contributed by atoms with E-state index in [1.165, 1.54) is 0 Å². The molecule has 0 radical (unpaired) electrons. The van der Waals surface area contributed by atoms with Gasteiger partial charge in [-0.25, -0.2) is 4.98 Å². The van der Waals surface area contributed by atoms with Crippen LogP contribution in [0.1, 0.15) is 0 Å². The van der Waals surface area contributed by atoms with Crippen molar-refractivity contribution in [2.24, 2.45) is 0 Å². The van der Waals surface area contributed by atoms with E-state index in [1.54, 1.807) is 0 Å². The molecule has 0 fully saturated rings. The predicted octanol–water partition coefficient (Wildman–Crippen LogP) is 11.6. The van der Waals surface area contributed by atoms with Crippen LogP contribution >= 0.6 is 0 Å². The van der Waals surface area contributed by atoms with E-state index in [2.05, 4.69) is 121 Å². The summed E-state index contributed by atoms with van der Waals surface area (Å²) < 4.78 is 13.4. The maximum absolute atomic E-state index is 6.71. The highest BCUT2D eigenvalue weighted by Crippen LogP contribution is 2.45. The van der Waals surface area contributed by atoms with Gasteiger partial charge in [-0.1, -0.05) is 97.1 Å². The summed E-state index contributed by atoms with van der Waals surface area (Å²) in [6.45, 7) is 0. The molecule has 4 aromatic heterocycles. The van der Waals surface area contributed by atoms with Crippen molar-refractivity contribution in [2.45, 2.75) is 0 Å². The molecule has 0 aliphatic heterocycles. The number of furan rings is 2. The zero-order valence-corrected chi connectivity index (χ0v) is 24.6. The average molecular weight is 589 g/mol. The van der Waals surface area contributed by atoms with Crippen LogP contribution in [-0.2, 0) is 0 Å². The van der Waals surface area contributed by atoms with Crippen LogP contribution in [0.4, 0.5) is 0 Å². The van der Waals surface area contributed by atoms with E-state index < -0.39 is 0 Å². The summed E-state index contributed by atoms with van der Waals surface area (Å²) >= 11 is 0. The lowest BCUT2D eigenvalue weighted by atomic mass is 9.98. The van der Waals surface area contributed by atoms with Gasteiger partial charge in [0.25, 0.3) is 0 Å². The number of pyridine rings is 2. The summed E-state index contributed by atoms with van der Waals surface area (Å²) in [5.74, 6) is 0. The highest BCUT2D eigenvalue weighted by molar-refractivity contribution is 6.22. The van der Waals surface area contributed by atoms with Crippen molar-refractivity contribution < 1.29 is 8.83 Å². The fourth-order valence-corrected chi connectivity index (χ4v) is 6.85. The Balaban J connectivity index is 1.32. The van der Waals surface area contributed by atoms with Crippen molar-refractivity contribution in [3.63, 3.8) is 0 Å². The third kappa shape index (κ3) is 3.74. The average Bonchev–Trinajstić information content (AvgIpc) is 3.68. The lowest BCUT2D eigenvalue weighted by molar-refractivity contribution is 0.658. The fourth-order valence-electron chi connectivity index (χ4n) is 6.85. The number of aromatic nitrogens is 2. The summed E-state index contributed by atoms with van der Waals surface area (Å²) in [6.07, 6.45) is 1.82. The van der Waals surface area contributed by atoms with Gasteiger partial charge in [-0.05, 0) is 64.7 Å². The molecule has 0 unspecified atom stereocenters. The van der Waals surface area contributed by atoms with Crippen molar-refractivity contribution in [2.75, 3.05) is 0 Å². The van der Waals surface area contributed by atoms with Crippen LogP contribution < -0.4 is 0 Å². The normalized spacial score (nSPS) is 11.9. The number of nitrogens with zero attached hydrogens (tertiary/aromatic N) is 2. The summed E-state index contributed by atoms with van der Waals surface area (Å²) in [4.78, 5) is 9.97. The van der Waals surface area contributed by atoms with Crippen molar-refractivity contribution >= 4 is 65.7 Å². The minimum absolute atomic E-state index is 0.759. The molecule has 4 heterocycles. The number of benzene rings is 6. The van der Waals surface area contributed by atoms with E-state index in [-0.39, 0.29) is 0 Å². The zero-order valence-electron chi connectivity index (χ0n) is 24.6. The molecule has 10 rings (SSSR count). The smallest absolute Gasteiger partial charge is 0.148 e. The molecular weight excluding hydrogens is 564 g/mol. The van der Waals surface area contributed by atoms with E-state index in [4.69, 9.17) is 18.8 Å². The van der Waals surface area contributed by atoms with Crippen LogP contribution in [0.2, 0.25) is 0 Å². The Labute approximate surface area is 263 Å². The van der Waals surface area contributed by atoms with Crippen molar-refractivity contribution in [1.29, 1.82) is 0 Å². The van der Waals surface area contributed by atoms with Crippen molar-refractivity contribution in [3.05, 3.63) is 146 Å². The first-order chi connectivity index (χ1) is 22.8. The maximum atomic E-state index is 6.71. The molecule has 0 N–H and O–H groups in total. The van der Waals surface area contributed by atoms with E-state index in [9.17, 15) is 0 Å². The van der Waals surface area contributed by atoms with Crippen LogP contribution in [0.25, 0.3) is 99.2 Å². The molecule has 0 spiro atoms. The Hall–Kier alpha value is -6.26. The highest BCUT2D eigenvalue weighted by atomic mass is 16.3. The molecule has 0 aliphatic carbocycles. The van der Waals surface area contributed by atoms with E-state index >= 15 is 0 Å². The molecule has 10 aromatic rings. The van der Waals surface area contributed by atoms with Crippen LogP contribution in [0.15, 0.2) is 155 Å². The van der Waals surface area contributed by atoms with Crippen molar-refractivity contribution in [1.82, 2.24) is 9.97 Å². The van der Waals surface area contributed by atoms with Gasteiger partial charge in [0.05, 0.1) is 22.3 Å². The molecule has 46 heavy (non-hydrogen) atoms. The Kier molecular flexibility index (Phi) is 5.25. The second kappa shape index (κ2) is 9.62. The molecule has 0 saturated carbocycles. The van der Waals surface area contributed by atoms with E-state index in [0.717, 1.165) is 99.2 Å². The van der Waals surface area contributed by atoms with Crippen LogP contribution in [-0.4, -0.2) is 9.97 Å². The van der Waals surface area contributed by atoms with Crippen LogP contribution in [0.3, 0.4) is 0 Å². The number of hydrogen-bond donors (Lipinski definition) is 0. The third-order valence-electron chi connectivity index (χ3n) is 9.10. The molecule has 0 amide bonds. The second-order valence-corrected chi connectivity index (χ2v) is 11.8. The first kappa shape index (κ1) is 25.1. The molecule has 214 valence electrons. The van der Waals surface area contributed by atoms with Crippen LogP contribution in [0.5, 0.6) is 0 Å². The van der Waals surface area contributed by atoms with E-state index in [0.29, 0.717) is 0 Å². The minimum Gasteiger partial charge on any atom is -0.455 e. The van der Waals surface area contributed by atoms with Gasteiger partial charge in [0.15, 0.2) is 0 Å². The summed E-state index contributed by atoms with van der Waals surface area (Å²) in [5.41, 5.74) is 11.1. The van der Waals surface area contributed by atoms with Gasteiger partial charge in [-0.15, -0.1) is 0 Å². The van der Waals surface area contributed by atoms with Gasteiger partial charge < -0.3 is 8.83 Å². The third-order valence-corrected chi connectivity index (χ3v) is 9.10. The molecule has 6 aromatic carbocycles. The van der Waals surface area contributed by atoms with Gasteiger partial charge >= 0.3 is 0 Å². The van der Waals surface area contributed by atoms with Crippen LogP contribution in [0, 0.1) is 0 Å². The predicted molar refractivity (Wildman–Crippen MR) is 188 cm³/mol. The first-order valence-corrected chi connectivity index (χ1v) is 15.4. The number of rotatable bonds is 3. The quantitative estimate of drug-likeness (QED) is 0.193. The lowest BCUT2D eigenvalue weighted by Crippen LogP contribution is -1.90. The summed E-state index contributed by atoms with van der Waals surface area (Å²) in [7, 11) is 0. The maximum Gasteiger partial charge on any atom is 0.148 e. The number of hydrogen-bond acceptors (Lipinski definition) is 4. The Morgan fingerprint density at radius 2 is 0.978 bits per heavy atom. The van der Waals surface area contributed by atoms with Gasteiger partial charge in [0.2, 0.25) is 0 Å². The zero-order chi connectivity index (χ0) is 30.2. The summed E-state index contributed by atoms with van der Waals surface area (Å²) in [6, 6.07) is 48.4. The SMILES string of the molecule is c1ccc(-c2ccc3oc4c(-c5ccc6ccc7cccnc7c6n5)c5oc6ccc(-c7ccccc7)cc6c5cc4c3c2)cc1. The van der Waals surface area contributed by atoms with Gasteiger partial charge in [-0.3, -0.25) is 4.98 Å². The molecule has 0 bridgehead atoms. The fraction of sp³-hybridized carbons (Fsp3) is 0. The first-order valence-electron chi connectivity index (χ1n) is 15.4.